The van der Waals surface area contributed by atoms with Crippen molar-refractivity contribution in [1.82, 2.24) is 5.32 Å². The van der Waals surface area contributed by atoms with Crippen LogP contribution in [0.2, 0.25) is 0 Å². The lowest BCUT2D eigenvalue weighted by atomic mass is 10.1. The molecule has 0 aliphatic carbocycles. The predicted octanol–water partition coefficient (Wildman–Crippen LogP) is 6.22. The number of thiophene rings is 1. The second-order valence-electron chi connectivity index (χ2n) is 8.91. The predicted molar refractivity (Wildman–Crippen MR) is 138 cm³/mol. The molecule has 0 unspecified atom stereocenters. The lowest BCUT2D eigenvalue weighted by Gasteiger charge is -2.19. The quantitative estimate of drug-likeness (QED) is 0.362. The molecular formula is C25H28ClN3O4S. The first-order valence-electron chi connectivity index (χ1n) is 10.7. The molecule has 0 radical (unpaired) electrons. The molecule has 3 aromatic rings. The van der Waals surface area contributed by atoms with E-state index in [4.69, 9.17) is 16.3 Å². The highest BCUT2D eigenvalue weighted by molar-refractivity contribution is 7.23. The van der Waals surface area contributed by atoms with E-state index in [9.17, 15) is 14.4 Å². The van der Waals surface area contributed by atoms with E-state index >= 15 is 0 Å². The number of halogens is 1. The number of anilines is 2. The molecule has 1 aromatic heterocycles. The zero-order valence-corrected chi connectivity index (χ0v) is 21.6. The van der Waals surface area contributed by atoms with Gasteiger partial charge >= 0.3 is 6.09 Å². The summed E-state index contributed by atoms with van der Waals surface area (Å²) < 4.78 is 6.16. The standard InChI is InChI=1S/C25H28ClN3O4S/c1-13-9-15(7-8-16(13)12-26)21(30)29-23-19(22(31)27-6)18-11-17(10-14(2)20(18)34-23)28-24(32)33-25(3,4)5/h7-11H,12H2,1-6H3,(H,27,31)(H,28,32)(H,29,30). The largest absolute Gasteiger partial charge is 0.444 e. The van der Waals surface area contributed by atoms with Crippen molar-refractivity contribution in [2.24, 2.45) is 0 Å². The third kappa shape index (κ3) is 5.69. The van der Waals surface area contributed by atoms with Gasteiger partial charge in [0.05, 0.1) is 5.56 Å². The van der Waals surface area contributed by atoms with Crippen molar-refractivity contribution >= 4 is 61.6 Å². The Bertz CT molecular complexity index is 1280. The Morgan fingerprint density at radius 2 is 1.71 bits per heavy atom. The number of aryl methyl sites for hydroxylation is 2. The van der Waals surface area contributed by atoms with Crippen LogP contribution >= 0.6 is 22.9 Å². The normalized spacial score (nSPS) is 11.3. The van der Waals surface area contributed by atoms with Crippen LogP contribution in [0.4, 0.5) is 15.5 Å². The van der Waals surface area contributed by atoms with Crippen LogP contribution in [0, 0.1) is 13.8 Å². The van der Waals surface area contributed by atoms with Gasteiger partial charge in [-0.25, -0.2) is 4.79 Å². The summed E-state index contributed by atoms with van der Waals surface area (Å²) in [4.78, 5) is 38.1. The molecule has 180 valence electrons. The fraction of sp³-hybridized carbons (Fsp3) is 0.320. The van der Waals surface area contributed by atoms with E-state index in [-0.39, 0.29) is 11.8 Å². The molecule has 0 saturated heterocycles. The van der Waals surface area contributed by atoms with Crippen molar-refractivity contribution in [2.75, 3.05) is 17.7 Å². The number of fused-ring (bicyclic) bond motifs is 1. The molecule has 3 amide bonds. The van der Waals surface area contributed by atoms with Gasteiger partial charge in [-0.15, -0.1) is 22.9 Å². The van der Waals surface area contributed by atoms with E-state index in [1.54, 1.807) is 45.0 Å². The van der Waals surface area contributed by atoms with Gasteiger partial charge in [0.1, 0.15) is 10.6 Å². The van der Waals surface area contributed by atoms with Gasteiger partial charge in [-0.05, 0) is 75.6 Å². The van der Waals surface area contributed by atoms with Crippen molar-refractivity contribution in [1.29, 1.82) is 0 Å². The highest BCUT2D eigenvalue weighted by Crippen LogP contribution is 2.39. The monoisotopic (exact) mass is 501 g/mol. The summed E-state index contributed by atoms with van der Waals surface area (Å²) in [6.45, 7) is 9.12. The molecule has 2 aromatic carbocycles. The summed E-state index contributed by atoms with van der Waals surface area (Å²) in [6.07, 6.45) is -0.590. The number of hydrogen-bond donors (Lipinski definition) is 3. The molecule has 1 heterocycles. The second kappa shape index (κ2) is 10.0. The Morgan fingerprint density at radius 3 is 2.29 bits per heavy atom. The van der Waals surface area contributed by atoms with Gasteiger partial charge in [-0.2, -0.15) is 0 Å². The molecule has 0 spiro atoms. The smallest absolute Gasteiger partial charge is 0.412 e. The summed E-state index contributed by atoms with van der Waals surface area (Å²) in [6, 6.07) is 8.81. The van der Waals surface area contributed by atoms with Gasteiger partial charge in [0, 0.05) is 34.3 Å². The molecule has 0 bridgehead atoms. The first kappa shape index (κ1) is 25.5. The maximum atomic E-state index is 13.0. The van der Waals surface area contributed by atoms with E-state index < -0.39 is 11.7 Å². The van der Waals surface area contributed by atoms with Crippen molar-refractivity contribution < 1.29 is 19.1 Å². The molecule has 3 rings (SSSR count). The van der Waals surface area contributed by atoms with E-state index in [0.717, 1.165) is 21.4 Å². The lowest BCUT2D eigenvalue weighted by Crippen LogP contribution is -2.27. The number of benzene rings is 2. The first-order chi connectivity index (χ1) is 15.9. The van der Waals surface area contributed by atoms with Crippen LogP contribution in [0.5, 0.6) is 0 Å². The molecule has 7 nitrogen and oxygen atoms in total. The van der Waals surface area contributed by atoms with Crippen molar-refractivity contribution in [2.45, 2.75) is 46.1 Å². The molecule has 0 atom stereocenters. The third-order valence-corrected chi connectivity index (χ3v) is 6.59. The van der Waals surface area contributed by atoms with Gasteiger partial charge in [0.2, 0.25) is 0 Å². The topological polar surface area (TPSA) is 96.5 Å². The van der Waals surface area contributed by atoms with Crippen LogP contribution in [0.25, 0.3) is 10.1 Å². The molecule has 3 N–H and O–H groups in total. The highest BCUT2D eigenvalue weighted by Gasteiger charge is 2.23. The van der Waals surface area contributed by atoms with E-state index in [2.05, 4.69) is 16.0 Å². The van der Waals surface area contributed by atoms with Gasteiger partial charge in [-0.3, -0.25) is 14.9 Å². The van der Waals surface area contributed by atoms with Gasteiger partial charge in [0.15, 0.2) is 0 Å². The van der Waals surface area contributed by atoms with Crippen molar-refractivity contribution in [3.63, 3.8) is 0 Å². The fourth-order valence-corrected chi connectivity index (χ4v) is 4.91. The van der Waals surface area contributed by atoms with Crippen molar-refractivity contribution in [3.8, 4) is 0 Å². The molecule has 0 saturated carbocycles. The average molecular weight is 502 g/mol. The average Bonchev–Trinajstić information content (AvgIpc) is 3.10. The number of amides is 3. The number of ether oxygens (including phenoxy) is 1. The van der Waals surface area contributed by atoms with Crippen LogP contribution < -0.4 is 16.0 Å². The number of carbonyl (C=O) groups excluding carboxylic acids is 3. The molecule has 34 heavy (non-hydrogen) atoms. The van der Waals surface area contributed by atoms with Crippen molar-refractivity contribution in [3.05, 3.63) is 58.1 Å². The van der Waals surface area contributed by atoms with Crippen LogP contribution in [0.1, 0.15) is 58.2 Å². The Balaban J connectivity index is 2.01. The first-order valence-corrected chi connectivity index (χ1v) is 12.0. The van der Waals surface area contributed by atoms with Gasteiger partial charge in [0.25, 0.3) is 11.8 Å². The van der Waals surface area contributed by atoms with E-state index in [0.29, 0.717) is 33.1 Å². The Labute approximate surface area is 207 Å². The highest BCUT2D eigenvalue weighted by atomic mass is 35.5. The maximum absolute atomic E-state index is 13.0. The number of nitrogens with one attached hydrogen (secondary N) is 3. The molecule has 0 fully saturated rings. The van der Waals surface area contributed by atoms with Crippen LogP contribution in [0.15, 0.2) is 30.3 Å². The molecular weight excluding hydrogens is 474 g/mol. The minimum Gasteiger partial charge on any atom is -0.444 e. The van der Waals surface area contributed by atoms with E-state index in [1.807, 2.05) is 19.9 Å². The number of rotatable bonds is 5. The maximum Gasteiger partial charge on any atom is 0.412 e. The third-order valence-electron chi connectivity index (χ3n) is 5.05. The number of carbonyl (C=O) groups is 3. The Kier molecular flexibility index (Phi) is 7.53. The summed E-state index contributed by atoms with van der Waals surface area (Å²) in [5.74, 6) is -0.307. The summed E-state index contributed by atoms with van der Waals surface area (Å²) in [5.41, 5.74) is 3.37. The lowest BCUT2D eigenvalue weighted by molar-refractivity contribution is 0.0635. The fourth-order valence-electron chi connectivity index (χ4n) is 3.46. The molecule has 0 aliphatic heterocycles. The number of alkyl halides is 1. The summed E-state index contributed by atoms with van der Waals surface area (Å²) in [7, 11) is 1.53. The zero-order chi connectivity index (χ0) is 25.2. The van der Waals surface area contributed by atoms with Crippen LogP contribution in [0.3, 0.4) is 0 Å². The molecule has 9 heteroatoms. The number of hydrogen-bond acceptors (Lipinski definition) is 5. The van der Waals surface area contributed by atoms with Crippen LogP contribution in [-0.2, 0) is 10.6 Å². The second-order valence-corrected chi connectivity index (χ2v) is 10.2. The Hall–Kier alpha value is -3.10. The summed E-state index contributed by atoms with van der Waals surface area (Å²) >= 11 is 7.23. The Morgan fingerprint density at radius 1 is 1.00 bits per heavy atom. The SMILES string of the molecule is CNC(=O)c1c(NC(=O)c2ccc(CCl)c(C)c2)sc2c(C)cc(NC(=O)OC(C)(C)C)cc12. The minimum absolute atomic E-state index is 0.328. The van der Waals surface area contributed by atoms with Crippen LogP contribution in [-0.4, -0.2) is 30.6 Å². The van der Waals surface area contributed by atoms with Gasteiger partial charge in [-0.1, -0.05) is 6.07 Å². The van der Waals surface area contributed by atoms with Gasteiger partial charge < -0.3 is 15.4 Å². The molecule has 0 aliphatic rings. The summed E-state index contributed by atoms with van der Waals surface area (Å²) in [5, 5.41) is 9.30. The zero-order valence-electron chi connectivity index (χ0n) is 20.0. The minimum atomic E-state index is -0.642. The van der Waals surface area contributed by atoms with E-state index in [1.165, 1.54) is 18.4 Å².